The lowest BCUT2D eigenvalue weighted by Crippen LogP contribution is -2.41. The second-order valence-electron chi connectivity index (χ2n) is 4.79. The second kappa shape index (κ2) is 3.13. The quantitative estimate of drug-likeness (QED) is 0.526. The van der Waals surface area contributed by atoms with E-state index in [-0.39, 0.29) is 5.76 Å². The molecule has 0 atom stereocenters. The minimum absolute atomic E-state index is 0.0489. The van der Waals surface area contributed by atoms with Gasteiger partial charge in [0, 0.05) is 4.11 Å². The predicted molar refractivity (Wildman–Crippen MR) is 59.2 cm³/mol. The van der Waals surface area contributed by atoms with Gasteiger partial charge in [-0.2, -0.15) is 0 Å². The van der Waals surface area contributed by atoms with Crippen LogP contribution in [-0.2, 0) is 9.31 Å². The fourth-order valence-electron chi connectivity index (χ4n) is 1.44. The van der Waals surface area contributed by atoms with Gasteiger partial charge in [0.2, 0.25) is 0 Å². The van der Waals surface area contributed by atoms with E-state index in [1.54, 1.807) is 6.07 Å². The van der Waals surface area contributed by atoms with Crippen molar-refractivity contribution in [1.82, 2.24) is 0 Å². The van der Waals surface area contributed by atoms with Gasteiger partial charge in [0.15, 0.2) is 0 Å². The number of rotatable bonds is 1. The van der Waals surface area contributed by atoms with Crippen molar-refractivity contribution >= 4 is 12.8 Å². The molecule has 2 rings (SSSR count). The average molecular weight is 212 g/mol. The first-order chi connectivity index (χ1) is 8.03. The molecule has 0 amide bonds. The van der Waals surface area contributed by atoms with Crippen LogP contribution in [0.25, 0.3) is 0 Å². The van der Waals surface area contributed by atoms with Gasteiger partial charge in [0.05, 0.1) is 17.0 Å². The predicted octanol–water partition coefficient (Wildman–Crippen LogP) is 1.89. The van der Waals surface area contributed by atoms with E-state index in [1.807, 2.05) is 27.7 Å². The Morgan fingerprint density at radius 3 is 2.20 bits per heavy atom. The molecule has 2 heterocycles. The van der Waals surface area contributed by atoms with Crippen LogP contribution in [0.15, 0.2) is 16.5 Å². The van der Waals surface area contributed by atoms with Crippen molar-refractivity contribution in [3.05, 3.63) is 17.9 Å². The van der Waals surface area contributed by atoms with Crippen LogP contribution in [-0.4, -0.2) is 18.3 Å². The molecule has 0 bridgehead atoms. The Morgan fingerprint density at radius 2 is 1.73 bits per heavy atom. The number of aryl methyl sites for hydroxylation is 1. The molecule has 0 spiro atoms. The van der Waals surface area contributed by atoms with Crippen LogP contribution < -0.4 is 5.66 Å². The summed E-state index contributed by atoms with van der Waals surface area (Å²) < 4.78 is 38.7. The molecule has 1 aliphatic rings. The molecule has 82 valence electrons. The molecular formula is C11H17BO3. The van der Waals surface area contributed by atoms with Crippen molar-refractivity contribution in [2.24, 2.45) is 0 Å². The highest BCUT2D eigenvalue weighted by molar-refractivity contribution is 6.60. The second-order valence-corrected chi connectivity index (χ2v) is 4.79. The summed E-state index contributed by atoms with van der Waals surface area (Å²) in [5, 5.41) is 0. The minimum Gasteiger partial charge on any atom is -0.470 e. The molecule has 1 aromatic rings. The standard InChI is InChI=1S/C11H17BO3/c1-8-6-7-9(13-8)12-14-10(2,3)11(4,5)15-12/h6-7H,1-5H3/i1+1D3. The van der Waals surface area contributed by atoms with E-state index >= 15 is 0 Å². The monoisotopic (exact) mass is 212 g/mol. The lowest BCUT2D eigenvalue weighted by molar-refractivity contribution is 0.00578. The Balaban J connectivity index is 2.23. The summed E-state index contributed by atoms with van der Waals surface area (Å²) in [6, 6.07) is 3.03. The summed E-state index contributed by atoms with van der Waals surface area (Å²) >= 11 is 0. The maximum Gasteiger partial charge on any atom is 0.532 e. The molecule has 15 heavy (non-hydrogen) atoms. The zero-order chi connectivity index (χ0) is 13.8. The van der Waals surface area contributed by atoms with Crippen molar-refractivity contribution in [3.63, 3.8) is 0 Å². The molecule has 3 nitrogen and oxygen atoms in total. The average Bonchev–Trinajstić information content (AvgIpc) is 2.69. The summed E-state index contributed by atoms with van der Waals surface area (Å²) in [4.78, 5) is 0. The molecule has 1 aliphatic heterocycles. The largest absolute Gasteiger partial charge is 0.532 e. The topological polar surface area (TPSA) is 31.6 Å². The van der Waals surface area contributed by atoms with Gasteiger partial charge in [-0.15, -0.1) is 0 Å². The van der Waals surface area contributed by atoms with Gasteiger partial charge >= 0.3 is 7.12 Å². The van der Waals surface area contributed by atoms with Crippen molar-refractivity contribution in [2.75, 3.05) is 0 Å². The number of hydrogen-bond acceptors (Lipinski definition) is 3. The molecule has 0 saturated carbocycles. The van der Waals surface area contributed by atoms with Gasteiger partial charge in [0.25, 0.3) is 0 Å². The Labute approximate surface area is 95.1 Å². The zero-order valence-electron chi connectivity index (χ0n) is 12.5. The first-order valence-electron chi connectivity index (χ1n) is 6.49. The molecule has 0 aliphatic carbocycles. The van der Waals surface area contributed by atoms with Gasteiger partial charge in [-0.25, -0.2) is 0 Å². The summed E-state index contributed by atoms with van der Waals surface area (Å²) in [7, 11) is -0.661. The van der Waals surface area contributed by atoms with E-state index in [9.17, 15) is 0 Å². The van der Waals surface area contributed by atoms with Gasteiger partial charge in [-0.1, -0.05) is 0 Å². The molecule has 1 saturated heterocycles. The van der Waals surface area contributed by atoms with Gasteiger partial charge in [0.1, 0.15) is 5.66 Å². The molecular weight excluding hydrogens is 192 g/mol. The Hall–Kier alpha value is -0.735. The summed E-state index contributed by atoms with van der Waals surface area (Å²) in [5.41, 5.74) is -0.547. The Bertz CT molecular complexity index is 435. The highest BCUT2D eigenvalue weighted by Crippen LogP contribution is 2.36. The fraction of sp³-hybridized carbons (Fsp3) is 0.636. The third-order valence-electron chi connectivity index (χ3n) is 3.11. The number of hydrogen-bond donors (Lipinski definition) is 0. The summed E-state index contributed by atoms with van der Waals surface area (Å²) in [5.74, 6) is -0.0489. The van der Waals surface area contributed by atoms with E-state index in [2.05, 4.69) is 0 Å². The molecule has 0 aromatic carbocycles. The SMILES string of the molecule is [2H][13C]([2H])([2H])c1ccc(B2OC(C)(C)C(C)(C)O2)o1. The Morgan fingerprint density at radius 1 is 1.13 bits per heavy atom. The van der Waals surface area contributed by atoms with Crippen LogP contribution in [0, 0.1) is 6.85 Å². The maximum atomic E-state index is 7.27. The minimum atomic E-state index is -2.25. The summed E-state index contributed by atoms with van der Waals surface area (Å²) in [6.45, 7) is 5.48. The number of furan rings is 1. The van der Waals surface area contributed by atoms with Crippen LogP contribution in [0.3, 0.4) is 0 Å². The van der Waals surface area contributed by atoms with Gasteiger partial charge < -0.3 is 13.7 Å². The highest BCUT2D eigenvalue weighted by atomic mass is 16.7. The highest BCUT2D eigenvalue weighted by Gasteiger charge is 2.52. The molecule has 0 unspecified atom stereocenters. The van der Waals surface area contributed by atoms with Crippen molar-refractivity contribution < 1.29 is 17.8 Å². The summed E-state index contributed by atoms with van der Waals surface area (Å²) in [6.07, 6.45) is 0. The van der Waals surface area contributed by atoms with Crippen LogP contribution in [0.4, 0.5) is 0 Å². The molecule has 0 radical (unpaired) electrons. The smallest absolute Gasteiger partial charge is 0.470 e. The van der Waals surface area contributed by atoms with E-state index in [0.717, 1.165) is 0 Å². The van der Waals surface area contributed by atoms with Crippen molar-refractivity contribution in [2.45, 2.75) is 45.7 Å². The van der Waals surface area contributed by atoms with E-state index in [0.29, 0.717) is 5.66 Å². The molecule has 1 aromatic heterocycles. The van der Waals surface area contributed by atoms with Crippen LogP contribution in [0.1, 0.15) is 37.6 Å². The van der Waals surface area contributed by atoms with E-state index in [4.69, 9.17) is 17.8 Å². The first kappa shape index (κ1) is 7.52. The van der Waals surface area contributed by atoms with Crippen LogP contribution >= 0.6 is 0 Å². The normalized spacial score (nSPS) is 27.2. The Kier molecular flexibility index (Phi) is 1.57. The molecule has 0 N–H and O–H groups in total. The lowest BCUT2D eigenvalue weighted by atomic mass is 9.86. The third-order valence-corrected chi connectivity index (χ3v) is 3.11. The van der Waals surface area contributed by atoms with E-state index < -0.39 is 25.2 Å². The fourth-order valence-corrected chi connectivity index (χ4v) is 1.44. The van der Waals surface area contributed by atoms with Gasteiger partial charge in [-0.3, -0.25) is 0 Å². The molecule has 4 heteroatoms. The zero-order valence-corrected chi connectivity index (χ0v) is 9.46. The van der Waals surface area contributed by atoms with Crippen molar-refractivity contribution in [1.29, 1.82) is 0 Å². The maximum absolute atomic E-state index is 7.27. The van der Waals surface area contributed by atoms with Crippen LogP contribution in [0.5, 0.6) is 0 Å². The van der Waals surface area contributed by atoms with Crippen molar-refractivity contribution in [3.8, 4) is 0 Å². The lowest BCUT2D eigenvalue weighted by Gasteiger charge is -2.32. The van der Waals surface area contributed by atoms with Gasteiger partial charge in [-0.05, 0) is 46.7 Å². The first-order valence-corrected chi connectivity index (χ1v) is 4.99. The molecule has 1 fully saturated rings. The van der Waals surface area contributed by atoms with Crippen LogP contribution in [0.2, 0.25) is 0 Å². The van der Waals surface area contributed by atoms with E-state index in [1.165, 1.54) is 6.07 Å². The third kappa shape index (κ3) is 1.72.